The molecular formula is C14H11Br2FO2. The molecule has 0 aliphatic rings. The van der Waals surface area contributed by atoms with Crippen LogP contribution in [0.4, 0.5) is 4.39 Å². The summed E-state index contributed by atoms with van der Waals surface area (Å²) in [4.78, 5) is 0. The lowest BCUT2D eigenvalue weighted by atomic mass is 10.2. The SMILES string of the molecule is OCc1ccc(OCc2ccc(Br)cc2F)c(Br)c1. The van der Waals surface area contributed by atoms with Gasteiger partial charge in [-0.15, -0.1) is 0 Å². The molecule has 0 heterocycles. The van der Waals surface area contributed by atoms with E-state index in [1.54, 1.807) is 30.3 Å². The van der Waals surface area contributed by atoms with Crippen LogP contribution in [0.25, 0.3) is 0 Å². The van der Waals surface area contributed by atoms with Gasteiger partial charge >= 0.3 is 0 Å². The van der Waals surface area contributed by atoms with Crippen molar-refractivity contribution in [2.75, 3.05) is 0 Å². The molecule has 1 N–H and O–H groups in total. The van der Waals surface area contributed by atoms with Crippen molar-refractivity contribution in [1.29, 1.82) is 0 Å². The summed E-state index contributed by atoms with van der Waals surface area (Å²) in [5, 5.41) is 9.01. The van der Waals surface area contributed by atoms with Crippen LogP contribution in [0.3, 0.4) is 0 Å². The Hall–Kier alpha value is -0.910. The number of rotatable bonds is 4. The molecule has 2 rings (SSSR count). The molecule has 0 saturated heterocycles. The van der Waals surface area contributed by atoms with Crippen molar-refractivity contribution in [3.05, 3.63) is 62.3 Å². The summed E-state index contributed by atoms with van der Waals surface area (Å²) < 4.78 is 20.6. The van der Waals surface area contributed by atoms with Gasteiger partial charge in [0.05, 0.1) is 11.1 Å². The van der Waals surface area contributed by atoms with E-state index in [0.717, 1.165) is 10.0 Å². The van der Waals surface area contributed by atoms with Crippen LogP contribution in [0.15, 0.2) is 45.3 Å². The fraction of sp³-hybridized carbons (Fsp3) is 0.143. The molecular weight excluding hydrogens is 379 g/mol. The van der Waals surface area contributed by atoms with Gasteiger partial charge < -0.3 is 9.84 Å². The first-order valence-electron chi connectivity index (χ1n) is 5.56. The number of ether oxygens (including phenoxy) is 1. The van der Waals surface area contributed by atoms with Crippen molar-refractivity contribution in [2.45, 2.75) is 13.2 Å². The number of halogens is 3. The molecule has 2 aromatic carbocycles. The van der Waals surface area contributed by atoms with Gasteiger partial charge in [-0.3, -0.25) is 0 Å². The predicted molar refractivity (Wildman–Crippen MR) is 78.5 cm³/mol. The number of aliphatic hydroxyl groups excluding tert-OH is 1. The molecule has 19 heavy (non-hydrogen) atoms. The highest BCUT2D eigenvalue weighted by Gasteiger charge is 2.06. The van der Waals surface area contributed by atoms with E-state index in [1.807, 2.05) is 0 Å². The summed E-state index contributed by atoms with van der Waals surface area (Å²) in [7, 11) is 0. The predicted octanol–water partition coefficient (Wildman–Crippen LogP) is 4.42. The molecule has 5 heteroatoms. The van der Waals surface area contributed by atoms with Crippen LogP contribution >= 0.6 is 31.9 Å². The van der Waals surface area contributed by atoms with E-state index in [0.29, 0.717) is 15.8 Å². The van der Waals surface area contributed by atoms with E-state index in [-0.39, 0.29) is 19.0 Å². The Morgan fingerprint density at radius 3 is 2.53 bits per heavy atom. The molecule has 2 aromatic rings. The maximum Gasteiger partial charge on any atom is 0.134 e. The fourth-order valence-electron chi connectivity index (χ4n) is 1.55. The Balaban J connectivity index is 2.10. The van der Waals surface area contributed by atoms with Crippen LogP contribution in [-0.4, -0.2) is 5.11 Å². The van der Waals surface area contributed by atoms with Gasteiger partial charge in [0.15, 0.2) is 0 Å². The van der Waals surface area contributed by atoms with E-state index >= 15 is 0 Å². The molecule has 0 aliphatic carbocycles. The zero-order valence-corrected chi connectivity index (χ0v) is 13.0. The standard InChI is InChI=1S/C14H11Br2FO2/c15-11-3-2-10(13(17)6-11)8-19-14-4-1-9(7-18)5-12(14)16/h1-6,18H,7-8H2. The molecule has 2 nitrogen and oxygen atoms in total. The Morgan fingerprint density at radius 1 is 1.11 bits per heavy atom. The summed E-state index contributed by atoms with van der Waals surface area (Å²) in [5.41, 5.74) is 1.27. The number of aliphatic hydroxyl groups is 1. The quantitative estimate of drug-likeness (QED) is 0.838. The van der Waals surface area contributed by atoms with Gasteiger partial charge in [-0.1, -0.05) is 28.1 Å². The topological polar surface area (TPSA) is 29.5 Å². The highest BCUT2D eigenvalue weighted by Crippen LogP contribution is 2.27. The summed E-state index contributed by atoms with van der Waals surface area (Å²) in [5.74, 6) is 0.303. The van der Waals surface area contributed by atoms with Crippen LogP contribution in [0.5, 0.6) is 5.75 Å². The minimum absolute atomic E-state index is 0.0276. The average molecular weight is 390 g/mol. The van der Waals surface area contributed by atoms with Crippen LogP contribution < -0.4 is 4.74 Å². The normalized spacial score (nSPS) is 10.5. The van der Waals surface area contributed by atoms with Crippen LogP contribution in [0.2, 0.25) is 0 Å². The molecule has 0 saturated carbocycles. The Labute approximate surface area is 127 Å². The van der Waals surface area contributed by atoms with E-state index in [1.165, 1.54) is 6.07 Å². The van der Waals surface area contributed by atoms with Crippen molar-refractivity contribution < 1.29 is 14.2 Å². The summed E-state index contributed by atoms with van der Waals surface area (Å²) in [6, 6.07) is 10.1. The second-order valence-electron chi connectivity index (χ2n) is 3.95. The lowest BCUT2D eigenvalue weighted by Crippen LogP contribution is -1.99. The monoisotopic (exact) mass is 388 g/mol. The molecule has 100 valence electrons. The number of benzene rings is 2. The van der Waals surface area contributed by atoms with E-state index < -0.39 is 0 Å². The maximum atomic E-state index is 13.6. The molecule has 0 radical (unpaired) electrons. The van der Waals surface area contributed by atoms with Gasteiger partial charge in [-0.25, -0.2) is 4.39 Å². The molecule has 0 unspecified atom stereocenters. The van der Waals surface area contributed by atoms with Gasteiger partial charge in [0, 0.05) is 10.0 Å². The van der Waals surface area contributed by atoms with Gasteiger partial charge in [0.2, 0.25) is 0 Å². The molecule has 0 aliphatic heterocycles. The van der Waals surface area contributed by atoms with Gasteiger partial charge in [-0.05, 0) is 45.8 Å². The number of hydrogen-bond donors (Lipinski definition) is 1. The van der Waals surface area contributed by atoms with E-state index in [4.69, 9.17) is 9.84 Å². The van der Waals surface area contributed by atoms with E-state index in [2.05, 4.69) is 31.9 Å². The van der Waals surface area contributed by atoms with Crippen molar-refractivity contribution >= 4 is 31.9 Å². The molecule has 0 aromatic heterocycles. The highest BCUT2D eigenvalue weighted by molar-refractivity contribution is 9.10. The molecule has 0 fully saturated rings. The van der Waals surface area contributed by atoms with Crippen molar-refractivity contribution in [3.63, 3.8) is 0 Å². The minimum atomic E-state index is -0.308. The van der Waals surface area contributed by atoms with Crippen molar-refractivity contribution in [3.8, 4) is 5.75 Å². The van der Waals surface area contributed by atoms with Crippen molar-refractivity contribution in [1.82, 2.24) is 0 Å². The Morgan fingerprint density at radius 2 is 1.89 bits per heavy atom. The third kappa shape index (κ3) is 3.78. The molecule has 0 atom stereocenters. The second-order valence-corrected chi connectivity index (χ2v) is 5.72. The fourth-order valence-corrected chi connectivity index (χ4v) is 2.43. The van der Waals surface area contributed by atoms with Crippen LogP contribution in [0.1, 0.15) is 11.1 Å². The molecule has 0 amide bonds. The average Bonchev–Trinajstić information content (AvgIpc) is 2.39. The van der Waals surface area contributed by atoms with Crippen LogP contribution in [0, 0.1) is 5.82 Å². The lowest BCUT2D eigenvalue weighted by Gasteiger charge is -2.10. The largest absolute Gasteiger partial charge is 0.488 e. The smallest absolute Gasteiger partial charge is 0.134 e. The molecule has 0 bridgehead atoms. The number of hydrogen-bond acceptors (Lipinski definition) is 2. The lowest BCUT2D eigenvalue weighted by molar-refractivity contribution is 0.280. The third-order valence-corrected chi connectivity index (χ3v) is 3.69. The third-order valence-electron chi connectivity index (χ3n) is 2.58. The van der Waals surface area contributed by atoms with E-state index in [9.17, 15) is 4.39 Å². The maximum absolute atomic E-state index is 13.6. The summed E-state index contributed by atoms with van der Waals surface area (Å²) in [6.45, 7) is 0.121. The zero-order chi connectivity index (χ0) is 13.8. The Kier molecular flexibility index (Phi) is 4.96. The van der Waals surface area contributed by atoms with Gasteiger partial charge in [-0.2, -0.15) is 0 Å². The summed E-state index contributed by atoms with van der Waals surface area (Å²) in [6.07, 6.45) is 0. The van der Waals surface area contributed by atoms with Crippen LogP contribution in [-0.2, 0) is 13.2 Å². The minimum Gasteiger partial charge on any atom is -0.488 e. The van der Waals surface area contributed by atoms with Gasteiger partial charge in [0.1, 0.15) is 18.2 Å². The first-order chi connectivity index (χ1) is 9.10. The Bertz CT molecular complexity index is 588. The highest BCUT2D eigenvalue weighted by atomic mass is 79.9. The zero-order valence-electron chi connectivity index (χ0n) is 9.87. The van der Waals surface area contributed by atoms with Crippen molar-refractivity contribution in [2.24, 2.45) is 0 Å². The molecule has 0 spiro atoms. The van der Waals surface area contributed by atoms with Gasteiger partial charge in [0.25, 0.3) is 0 Å². The summed E-state index contributed by atoms with van der Waals surface area (Å²) >= 11 is 6.56. The second kappa shape index (κ2) is 6.50. The first kappa shape index (κ1) is 14.5. The first-order valence-corrected chi connectivity index (χ1v) is 7.15.